The van der Waals surface area contributed by atoms with Gasteiger partial charge in [0.1, 0.15) is 19.0 Å². The van der Waals surface area contributed by atoms with Crippen molar-refractivity contribution < 1.29 is 19.0 Å². The molecule has 0 unspecified atom stereocenters. The van der Waals surface area contributed by atoms with Crippen LogP contribution in [0.25, 0.3) is 0 Å². The lowest BCUT2D eigenvalue weighted by molar-refractivity contribution is -0.133. The van der Waals surface area contributed by atoms with E-state index < -0.39 is 0 Å². The van der Waals surface area contributed by atoms with Crippen molar-refractivity contribution >= 4 is 11.6 Å². The topological polar surface area (TPSA) is 54.5 Å². The molecule has 7 heteroatoms. The van der Waals surface area contributed by atoms with Gasteiger partial charge in [-0.2, -0.15) is 0 Å². The van der Waals surface area contributed by atoms with Crippen LogP contribution < -0.4 is 19.1 Å². The van der Waals surface area contributed by atoms with Crippen molar-refractivity contribution in [2.45, 2.75) is 18.9 Å². The SMILES string of the molecule is COc1ccc(N2CCN(C(=O)CN3CCC[C@H]3c3ccc4c(c3)OCCO4)CC2)cc1. The molecule has 2 aromatic rings. The van der Waals surface area contributed by atoms with Gasteiger partial charge in [-0.25, -0.2) is 0 Å². The second-order valence-corrected chi connectivity index (χ2v) is 8.60. The van der Waals surface area contributed by atoms with E-state index in [4.69, 9.17) is 14.2 Å². The Balaban J connectivity index is 1.17. The molecular formula is C25H31N3O4. The third kappa shape index (κ3) is 4.35. The maximum atomic E-state index is 13.1. The molecule has 170 valence electrons. The quantitative estimate of drug-likeness (QED) is 0.717. The predicted octanol–water partition coefficient (Wildman–Crippen LogP) is 2.95. The molecule has 0 aliphatic carbocycles. The van der Waals surface area contributed by atoms with E-state index in [2.05, 4.69) is 34.1 Å². The number of benzene rings is 2. The molecule has 0 aromatic heterocycles. The van der Waals surface area contributed by atoms with E-state index in [0.717, 1.165) is 62.8 Å². The van der Waals surface area contributed by atoms with Crippen LogP contribution in [0.1, 0.15) is 24.4 Å². The van der Waals surface area contributed by atoms with Crippen molar-refractivity contribution in [1.82, 2.24) is 9.80 Å². The number of rotatable bonds is 5. The Bertz CT molecular complexity index is 941. The van der Waals surface area contributed by atoms with Crippen molar-refractivity contribution in [2.75, 3.05) is 64.5 Å². The molecule has 3 aliphatic rings. The summed E-state index contributed by atoms with van der Waals surface area (Å²) in [5.74, 6) is 2.72. The van der Waals surface area contributed by atoms with Crippen LogP contribution in [-0.4, -0.2) is 75.3 Å². The zero-order valence-electron chi connectivity index (χ0n) is 18.7. The number of carbonyl (C=O) groups is 1. The lowest BCUT2D eigenvalue weighted by atomic mass is 10.0. The number of piperazine rings is 1. The number of hydrogen-bond donors (Lipinski definition) is 0. The first-order valence-electron chi connectivity index (χ1n) is 11.5. The van der Waals surface area contributed by atoms with Crippen LogP contribution in [0, 0.1) is 0 Å². The number of methoxy groups -OCH3 is 1. The maximum absolute atomic E-state index is 13.1. The molecule has 0 spiro atoms. The molecule has 1 atom stereocenters. The van der Waals surface area contributed by atoms with E-state index in [1.165, 1.54) is 11.3 Å². The minimum atomic E-state index is 0.226. The van der Waals surface area contributed by atoms with Gasteiger partial charge in [0.05, 0.1) is 13.7 Å². The lowest BCUT2D eigenvalue weighted by Gasteiger charge is -2.37. The fourth-order valence-corrected chi connectivity index (χ4v) is 4.94. The monoisotopic (exact) mass is 437 g/mol. The Morgan fingerprint density at radius 3 is 2.47 bits per heavy atom. The van der Waals surface area contributed by atoms with Crippen molar-refractivity contribution in [1.29, 1.82) is 0 Å². The normalized spacial score (nSPS) is 21.0. The van der Waals surface area contributed by atoms with Gasteiger partial charge in [0.2, 0.25) is 5.91 Å². The lowest BCUT2D eigenvalue weighted by Crippen LogP contribution is -2.51. The summed E-state index contributed by atoms with van der Waals surface area (Å²) in [4.78, 5) is 19.8. The summed E-state index contributed by atoms with van der Waals surface area (Å²) in [5, 5.41) is 0. The first kappa shape index (κ1) is 20.9. The average molecular weight is 438 g/mol. The zero-order chi connectivity index (χ0) is 21.9. The number of hydrogen-bond acceptors (Lipinski definition) is 6. The summed E-state index contributed by atoms with van der Waals surface area (Å²) in [6, 6.07) is 14.6. The highest BCUT2D eigenvalue weighted by molar-refractivity contribution is 5.78. The minimum Gasteiger partial charge on any atom is -0.497 e. The number of amides is 1. The number of anilines is 1. The highest BCUT2D eigenvalue weighted by Crippen LogP contribution is 2.38. The Morgan fingerprint density at radius 1 is 0.969 bits per heavy atom. The summed E-state index contributed by atoms with van der Waals surface area (Å²) in [7, 11) is 1.68. The summed E-state index contributed by atoms with van der Waals surface area (Å²) < 4.78 is 16.7. The fraction of sp³-hybridized carbons (Fsp3) is 0.480. The van der Waals surface area contributed by atoms with Gasteiger partial charge in [0, 0.05) is 37.9 Å². The van der Waals surface area contributed by atoms with E-state index in [1.807, 2.05) is 23.1 Å². The molecule has 0 N–H and O–H groups in total. The highest BCUT2D eigenvalue weighted by atomic mass is 16.6. The Morgan fingerprint density at radius 2 is 1.72 bits per heavy atom. The van der Waals surface area contributed by atoms with Crippen LogP contribution in [0.15, 0.2) is 42.5 Å². The molecule has 1 amide bonds. The average Bonchev–Trinajstić information content (AvgIpc) is 3.32. The largest absolute Gasteiger partial charge is 0.497 e. The minimum absolute atomic E-state index is 0.226. The molecule has 5 rings (SSSR count). The van der Waals surface area contributed by atoms with Crippen molar-refractivity contribution in [3.8, 4) is 17.2 Å². The van der Waals surface area contributed by atoms with Crippen molar-refractivity contribution in [3.05, 3.63) is 48.0 Å². The molecule has 3 aliphatic heterocycles. The molecule has 2 saturated heterocycles. The van der Waals surface area contributed by atoms with Crippen LogP contribution >= 0.6 is 0 Å². The summed E-state index contributed by atoms with van der Waals surface area (Å²) >= 11 is 0. The zero-order valence-corrected chi connectivity index (χ0v) is 18.7. The Hall–Kier alpha value is -2.93. The number of fused-ring (bicyclic) bond motifs is 1. The van der Waals surface area contributed by atoms with Crippen molar-refractivity contribution in [2.24, 2.45) is 0 Å². The second kappa shape index (κ2) is 9.28. The van der Waals surface area contributed by atoms with E-state index in [1.54, 1.807) is 7.11 Å². The van der Waals surface area contributed by atoms with Crippen LogP contribution in [0.3, 0.4) is 0 Å². The number of likely N-dealkylation sites (tertiary alicyclic amines) is 1. The van der Waals surface area contributed by atoms with Gasteiger partial charge in [0.25, 0.3) is 0 Å². The molecule has 2 aromatic carbocycles. The molecule has 3 heterocycles. The summed E-state index contributed by atoms with van der Waals surface area (Å²) in [6.07, 6.45) is 2.18. The fourth-order valence-electron chi connectivity index (χ4n) is 4.94. The van der Waals surface area contributed by atoms with E-state index in [0.29, 0.717) is 19.8 Å². The van der Waals surface area contributed by atoms with E-state index in [9.17, 15) is 4.79 Å². The Labute approximate surface area is 189 Å². The number of carbonyl (C=O) groups excluding carboxylic acids is 1. The van der Waals surface area contributed by atoms with E-state index in [-0.39, 0.29) is 11.9 Å². The molecular weight excluding hydrogens is 406 g/mol. The van der Waals surface area contributed by atoms with Crippen LogP contribution in [0.5, 0.6) is 17.2 Å². The van der Waals surface area contributed by atoms with Gasteiger partial charge in [-0.1, -0.05) is 6.07 Å². The number of nitrogens with zero attached hydrogens (tertiary/aromatic N) is 3. The predicted molar refractivity (Wildman–Crippen MR) is 123 cm³/mol. The highest BCUT2D eigenvalue weighted by Gasteiger charge is 2.31. The van der Waals surface area contributed by atoms with Crippen LogP contribution in [0.2, 0.25) is 0 Å². The number of ether oxygens (including phenoxy) is 3. The molecule has 0 radical (unpaired) electrons. The standard InChI is InChI=1S/C25H31N3O4/c1-30-21-7-5-20(6-8-21)26-11-13-27(14-12-26)25(29)18-28-10-2-3-22(28)19-4-9-23-24(17-19)32-16-15-31-23/h4-9,17,22H,2-3,10-16,18H2,1H3/t22-/m0/s1. The Kier molecular flexibility index (Phi) is 6.08. The van der Waals surface area contributed by atoms with Crippen molar-refractivity contribution in [3.63, 3.8) is 0 Å². The van der Waals surface area contributed by atoms with Gasteiger partial charge >= 0.3 is 0 Å². The van der Waals surface area contributed by atoms with Crippen LogP contribution in [0.4, 0.5) is 5.69 Å². The molecule has 32 heavy (non-hydrogen) atoms. The van der Waals surface area contributed by atoms with Gasteiger partial charge in [-0.15, -0.1) is 0 Å². The first-order chi connectivity index (χ1) is 15.7. The molecule has 0 bridgehead atoms. The molecule has 2 fully saturated rings. The molecule has 0 saturated carbocycles. The third-order valence-electron chi connectivity index (χ3n) is 6.72. The van der Waals surface area contributed by atoms with Gasteiger partial charge in [-0.05, 0) is 61.3 Å². The summed E-state index contributed by atoms with van der Waals surface area (Å²) in [6.45, 7) is 5.83. The van der Waals surface area contributed by atoms with E-state index >= 15 is 0 Å². The van der Waals surface area contributed by atoms with Crippen LogP contribution in [-0.2, 0) is 4.79 Å². The second-order valence-electron chi connectivity index (χ2n) is 8.60. The smallest absolute Gasteiger partial charge is 0.236 e. The molecule has 7 nitrogen and oxygen atoms in total. The van der Waals surface area contributed by atoms with Gasteiger partial charge in [0.15, 0.2) is 11.5 Å². The first-order valence-corrected chi connectivity index (χ1v) is 11.5. The third-order valence-corrected chi connectivity index (χ3v) is 6.72. The maximum Gasteiger partial charge on any atom is 0.236 e. The summed E-state index contributed by atoms with van der Waals surface area (Å²) in [5.41, 5.74) is 2.39. The van der Waals surface area contributed by atoms with Gasteiger partial charge < -0.3 is 24.0 Å². The van der Waals surface area contributed by atoms with Gasteiger partial charge in [-0.3, -0.25) is 9.69 Å².